The number of rotatable bonds is 5. The summed E-state index contributed by atoms with van der Waals surface area (Å²) in [5, 5.41) is 5.25. The lowest BCUT2D eigenvalue weighted by Crippen LogP contribution is -2.70. The highest BCUT2D eigenvalue weighted by atomic mass is 32.2. The van der Waals surface area contributed by atoms with Crippen molar-refractivity contribution in [1.29, 1.82) is 0 Å². The first-order valence-corrected chi connectivity index (χ1v) is 10.7. The molecule has 1 aliphatic carbocycles. The summed E-state index contributed by atoms with van der Waals surface area (Å²) in [6, 6.07) is 13.4. The standard InChI is InChI=1S/C19H22N2O4S/c1-26(23,24)21-18-17(15-8-9-25-19(15)18)20-16(22)11-12-6-7-13-4-2-3-5-14(13)10-12/h2-7,10,15,17-19,21H,8-9,11H2,1H3,(H,20,22)/t15-,17+,18-,19-/m1/s1. The summed E-state index contributed by atoms with van der Waals surface area (Å²) < 4.78 is 31.4. The quantitative estimate of drug-likeness (QED) is 0.824. The summed E-state index contributed by atoms with van der Waals surface area (Å²) in [5.74, 6) is 0.0748. The van der Waals surface area contributed by atoms with E-state index in [0.717, 1.165) is 29.0 Å². The fourth-order valence-corrected chi connectivity index (χ4v) is 4.84. The van der Waals surface area contributed by atoms with Crippen molar-refractivity contribution in [1.82, 2.24) is 10.0 Å². The highest BCUT2D eigenvalue weighted by molar-refractivity contribution is 7.88. The second-order valence-corrected chi connectivity index (χ2v) is 8.94. The van der Waals surface area contributed by atoms with E-state index >= 15 is 0 Å². The smallest absolute Gasteiger partial charge is 0.224 e. The minimum Gasteiger partial charge on any atom is -0.376 e. The molecule has 0 aromatic heterocycles. The fourth-order valence-electron chi connectivity index (χ4n) is 4.06. The van der Waals surface area contributed by atoms with Crippen molar-refractivity contribution >= 4 is 26.7 Å². The van der Waals surface area contributed by atoms with Gasteiger partial charge >= 0.3 is 0 Å². The van der Waals surface area contributed by atoms with Crippen LogP contribution >= 0.6 is 0 Å². The number of hydrogen-bond donors (Lipinski definition) is 2. The van der Waals surface area contributed by atoms with Gasteiger partial charge < -0.3 is 10.1 Å². The minimum atomic E-state index is -3.36. The fraction of sp³-hybridized carbons (Fsp3) is 0.421. The highest BCUT2D eigenvalue weighted by Crippen LogP contribution is 2.39. The van der Waals surface area contributed by atoms with E-state index in [2.05, 4.69) is 10.0 Å². The molecule has 2 N–H and O–H groups in total. The van der Waals surface area contributed by atoms with Crippen LogP contribution in [0, 0.1) is 5.92 Å². The maximum Gasteiger partial charge on any atom is 0.224 e. The molecule has 0 unspecified atom stereocenters. The summed E-state index contributed by atoms with van der Waals surface area (Å²) in [4.78, 5) is 12.5. The average molecular weight is 374 g/mol. The van der Waals surface area contributed by atoms with Gasteiger partial charge in [-0.15, -0.1) is 0 Å². The SMILES string of the molecule is CS(=O)(=O)N[C@@H]1[C@@H](NC(=O)Cc2ccc3ccccc3c2)[C@H]2CCO[C@H]21. The zero-order chi connectivity index (χ0) is 18.3. The predicted molar refractivity (Wildman–Crippen MR) is 99.2 cm³/mol. The number of carbonyl (C=O) groups excluding carboxylic acids is 1. The summed E-state index contributed by atoms with van der Waals surface area (Å²) in [6.07, 6.45) is 2.10. The van der Waals surface area contributed by atoms with E-state index in [1.807, 2.05) is 42.5 Å². The van der Waals surface area contributed by atoms with Crippen molar-refractivity contribution in [3.8, 4) is 0 Å². The maximum atomic E-state index is 12.5. The lowest BCUT2D eigenvalue weighted by atomic mass is 9.72. The van der Waals surface area contributed by atoms with E-state index in [1.165, 1.54) is 0 Å². The van der Waals surface area contributed by atoms with Crippen LogP contribution < -0.4 is 10.0 Å². The third-order valence-corrected chi connectivity index (χ3v) is 5.94. The van der Waals surface area contributed by atoms with E-state index in [9.17, 15) is 13.2 Å². The van der Waals surface area contributed by atoms with Crippen LogP contribution in [0.25, 0.3) is 10.8 Å². The van der Waals surface area contributed by atoms with Crippen LogP contribution in [0.3, 0.4) is 0 Å². The van der Waals surface area contributed by atoms with Gasteiger partial charge in [-0.2, -0.15) is 0 Å². The minimum absolute atomic E-state index is 0.101. The van der Waals surface area contributed by atoms with Gasteiger partial charge in [0.25, 0.3) is 0 Å². The third kappa shape index (κ3) is 3.47. The molecule has 4 atom stereocenters. The van der Waals surface area contributed by atoms with Gasteiger partial charge in [-0.3, -0.25) is 4.79 Å². The summed E-state index contributed by atoms with van der Waals surface area (Å²) in [7, 11) is -3.36. The Balaban J connectivity index is 1.44. The van der Waals surface area contributed by atoms with Crippen molar-refractivity contribution in [2.45, 2.75) is 31.0 Å². The summed E-state index contributed by atoms with van der Waals surface area (Å²) >= 11 is 0. The lowest BCUT2D eigenvalue weighted by molar-refractivity contribution is -0.124. The Kier molecular flexibility index (Phi) is 4.46. The molecule has 138 valence electrons. The van der Waals surface area contributed by atoms with Gasteiger partial charge in [0.05, 0.1) is 30.9 Å². The van der Waals surface area contributed by atoms with Crippen molar-refractivity contribution < 1.29 is 17.9 Å². The first-order valence-electron chi connectivity index (χ1n) is 8.77. The Bertz CT molecular complexity index is 943. The van der Waals surface area contributed by atoms with Crippen LogP contribution in [-0.2, 0) is 26.0 Å². The molecule has 1 heterocycles. The Morgan fingerprint density at radius 2 is 1.92 bits per heavy atom. The van der Waals surface area contributed by atoms with E-state index in [1.54, 1.807) is 0 Å². The molecule has 1 amide bonds. The van der Waals surface area contributed by atoms with E-state index < -0.39 is 16.1 Å². The van der Waals surface area contributed by atoms with Crippen molar-refractivity contribution in [3.05, 3.63) is 48.0 Å². The van der Waals surface area contributed by atoms with Gasteiger partial charge in [-0.1, -0.05) is 42.5 Å². The van der Waals surface area contributed by atoms with Crippen LogP contribution in [0.4, 0.5) is 0 Å². The second-order valence-electron chi connectivity index (χ2n) is 7.16. The normalized spacial score (nSPS) is 27.7. The predicted octanol–water partition coefficient (Wildman–Crippen LogP) is 1.20. The Morgan fingerprint density at radius 1 is 1.15 bits per heavy atom. The van der Waals surface area contributed by atoms with Gasteiger partial charge in [-0.25, -0.2) is 13.1 Å². The topological polar surface area (TPSA) is 84.5 Å². The maximum absolute atomic E-state index is 12.5. The summed E-state index contributed by atoms with van der Waals surface area (Å²) in [6.45, 7) is 0.605. The van der Waals surface area contributed by atoms with Crippen molar-refractivity contribution in [2.24, 2.45) is 5.92 Å². The van der Waals surface area contributed by atoms with Crippen LogP contribution in [0.1, 0.15) is 12.0 Å². The molecule has 26 heavy (non-hydrogen) atoms. The Morgan fingerprint density at radius 3 is 2.69 bits per heavy atom. The van der Waals surface area contributed by atoms with Crippen molar-refractivity contribution in [2.75, 3.05) is 12.9 Å². The summed E-state index contributed by atoms with van der Waals surface area (Å²) in [5.41, 5.74) is 0.937. The molecular formula is C19H22N2O4S. The third-order valence-electron chi connectivity index (χ3n) is 5.24. The van der Waals surface area contributed by atoms with Crippen LogP contribution in [0.5, 0.6) is 0 Å². The average Bonchev–Trinajstić information content (AvgIpc) is 3.02. The Labute approximate surface area is 153 Å². The molecule has 2 aromatic rings. The van der Waals surface area contributed by atoms with Gasteiger partial charge in [0, 0.05) is 12.5 Å². The van der Waals surface area contributed by atoms with E-state index in [-0.39, 0.29) is 30.4 Å². The number of amides is 1. The number of ether oxygens (including phenoxy) is 1. The van der Waals surface area contributed by atoms with E-state index in [0.29, 0.717) is 6.61 Å². The van der Waals surface area contributed by atoms with Crippen LogP contribution in [0.15, 0.2) is 42.5 Å². The number of carbonyl (C=O) groups is 1. The van der Waals surface area contributed by atoms with Gasteiger partial charge in [0.2, 0.25) is 15.9 Å². The number of sulfonamides is 1. The van der Waals surface area contributed by atoms with E-state index in [4.69, 9.17) is 4.74 Å². The number of nitrogens with one attached hydrogen (secondary N) is 2. The monoisotopic (exact) mass is 374 g/mol. The first-order chi connectivity index (χ1) is 12.4. The molecule has 2 fully saturated rings. The largest absolute Gasteiger partial charge is 0.376 e. The molecule has 0 radical (unpaired) electrons. The van der Waals surface area contributed by atoms with Crippen LogP contribution in [-0.4, -0.2) is 45.4 Å². The molecule has 1 aliphatic heterocycles. The molecule has 7 heteroatoms. The molecule has 0 spiro atoms. The number of benzene rings is 2. The number of hydrogen-bond acceptors (Lipinski definition) is 4. The van der Waals surface area contributed by atoms with Gasteiger partial charge in [0.15, 0.2) is 0 Å². The zero-order valence-corrected chi connectivity index (χ0v) is 15.3. The highest BCUT2D eigenvalue weighted by Gasteiger charge is 2.55. The molecule has 0 bridgehead atoms. The molecule has 6 nitrogen and oxygen atoms in total. The number of fused-ring (bicyclic) bond motifs is 2. The van der Waals surface area contributed by atoms with Crippen molar-refractivity contribution in [3.63, 3.8) is 0 Å². The zero-order valence-electron chi connectivity index (χ0n) is 14.5. The molecule has 2 aromatic carbocycles. The van der Waals surface area contributed by atoms with Crippen LogP contribution in [0.2, 0.25) is 0 Å². The van der Waals surface area contributed by atoms with Gasteiger partial charge in [0.1, 0.15) is 0 Å². The Hall–Kier alpha value is -1.96. The molecule has 1 saturated carbocycles. The molecule has 4 rings (SSSR count). The second kappa shape index (κ2) is 6.64. The molecule has 1 saturated heterocycles. The lowest BCUT2D eigenvalue weighted by Gasteiger charge is -2.47. The molecular weight excluding hydrogens is 352 g/mol. The molecule has 2 aliphatic rings. The first kappa shape index (κ1) is 17.5. The van der Waals surface area contributed by atoms with Gasteiger partial charge in [-0.05, 0) is 22.8 Å².